The van der Waals surface area contributed by atoms with Crippen molar-refractivity contribution in [1.29, 1.82) is 0 Å². The van der Waals surface area contributed by atoms with Crippen LogP contribution in [0, 0.1) is 0 Å². The lowest BCUT2D eigenvalue weighted by Gasteiger charge is -2.13. The molecule has 1 saturated carbocycles. The summed E-state index contributed by atoms with van der Waals surface area (Å²) in [6.45, 7) is 0.689. The molecule has 0 aliphatic heterocycles. The highest BCUT2D eigenvalue weighted by Gasteiger charge is 2.23. The summed E-state index contributed by atoms with van der Waals surface area (Å²) in [5.74, 6) is 0.938. The molecule has 1 atom stereocenters. The van der Waals surface area contributed by atoms with E-state index in [9.17, 15) is 0 Å². The minimum Gasteiger partial charge on any atom is -0.490 e. The van der Waals surface area contributed by atoms with Gasteiger partial charge in [0.05, 0.1) is 6.10 Å². The SMILES string of the molecule is COCCC(N)c1cccc(OC2CC2)c1. The second kappa shape index (κ2) is 5.32. The summed E-state index contributed by atoms with van der Waals surface area (Å²) in [6, 6.07) is 8.10. The Hall–Kier alpha value is -1.06. The lowest BCUT2D eigenvalue weighted by Crippen LogP contribution is -2.12. The highest BCUT2D eigenvalue weighted by molar-refractivity contribution is 5.30. The van der Waals surface area contributed by atoms with Gasteiger partial charge in [0.1, 0.15) is 5.75 Å². The monoisotopic (exact) mass is 221 g/mol. The molecule has 0 saturated heterocycles. The van der Waals surface area contributed by atoms with Gasteiger partial charge in [0, 0.05) is 19.8 Å². The molecule has 16 heavy (non-hydrogen) atoms. The van der Waals surface area contributed by atoms with Crippen LogP contribution < -0.4 is 10.5 Å². The van der Waals surface area contributed by atoms with E-state index in [2.05, 4.69) is 0 Å². The zero-order valence-corrected chi connectivity index (χ0v) is 9.69. The Bertz CT molecular complexity index is 336. The largest absolute Gasteiger partial charge is 0.490 e. The number of benzene rings is 1. The van der Waals surface area contributed by atoms with Crippen LogP contribution in [0.25, 0.3) is 0 Å². The van der Waals surface area contributed by atoms with Crippen LogP contribution in [0.1, 0.15) is 30.9 Å². The Labute approximate surface area is 96.5 Å². The van der Waals surface area contributed by atoms with E-state index in [-0.39, 0.29) is 6.04 Å². The Kier molecular flexibility index (Phi) is 3.80. The summed E-state index contributed by atoms with van der Waals surface area (Å²) in [4.78, 5) is 0. The van der Waals surface area contributed by atoms with Crippen molar-refractivity contribution in [3.63, 3.8) is 0 Å². The molecule has 0 aromatic heterocycles. The van der Waals surface area contributed by atoms with Crippen LogP contribution >= 0.6 is 0 Å². The maximum Gasteiger partial charge on any atom is 0.120 e. The third-order valence-electron chi connectivity index (χ3n) is 2.75. The summed E-state index contributed by atoms with van der Waals surface area (Å²) < 4.78 is 10.8. The van der Waals surface area contributed by atoms with Crippen molar-refractivity contribution in [3.8, 4) is 5.75 Å². The number of methoxy groups -OCH3 is 1. The molecule has 1 unspecified atom stereocenters. The molecule has 2 rings (SSSR count). The van der Waals surface area contributed by atoms with Gasteiger partial charge in [-0.1, -0.05) is 12.1 Å². The smallest absolute Gasteiger partial charge is 0.120 e. The van der Waals surface area contributed by atoms with Gasteiger partial charge in [-0.2, -0.15) is 0 Å². The summed E-state index contributed by atoms with van der Waals surface area (Å²) in [7, 11) is 1.69. The molecule has 0 heterocycles. The fourth-order valence-corrected chi connectivity index (χ4v) is 1.61. The topological polar surface area (TPSA) is 44.5 Å². The van der Waals surface area contributed by atoms with E-state index in [4.69, 9.17) is 15.2 Å². The Balaban J connectivity index is 1.96. The van der Waals surface area contributed by atoms with Crippen LogP contribution in [-0.2, 0) is 4.74 Å². The molecule has 1 aliphatic carbocycles. The van der Waals surface area contributed by atoms with Gasteiger partial charge in [-0.3, -0.25) is 0 Å². The zero-order chi connectivity index (χ0) is 11.4. The Morgan fingerprint density at radius 2 is 2.25 bits per heavy atom. The number of hydrogen-bond acceptors (Lipinski definition) is 3. The van der Waals surface area contributed by atoms with Crippen molar-refractivity contribution in [2.45, 2.75) is 31.4 Å². The first-order valence-electron chi connectivity index (χ1n) is 5.80. The van der Waals surface area contributed by atoms with E-state index in [0.29, 0.717) is 12.7 Å². The lowest BCUT2D eigenvalue weighted by atomic mass is 10.1. The molecule has 0 bridgehead atoms. The van der Waals surface area contributed by atoms with E-state index >= 15 is 0 Å². The molecule has 1 aliphatic rings. The van der Waals surface area contributed by atoms with Crippen molar-refractivity contribution in [2.24, 2.45) is 5.73 Å². The van der Waals surface area contributed by atoms with Crippen molar-refractivity contribution in [3.05, 3.63) is 29.8 Å². The summed E-state index contributed by atoms with van der Waals surface area (Å²) >= 11 is 0. The lowest BCUT2D eigenvalue weighted by molar-refractivity contribution is 0.188. The molecule has 0 amide bonds. The van der Waals surface area contributed by atoms with Gasteiger partial charge < -0.3 is 15.2 Å². The maximum absolute atomic E-state index is 6.06. The molecule has 0 radical (unpaired) electrons. The first-order chi connectivity index (χ1) is 7.79. The third-order valence-corrected chi connectivity index (χ3v) is 2.75. The highest BCUT2D eigenvalue weighted by Crippen LogP contribution is 2.28. The molecule has 1 fully saturated rings. The zero-order valence-electron chi connectivity index (χ0n) is 9.69. The number of ether oxygens (including phenoxy) is 2. The van der Waals surface area contributed by atoms with Crippen LogP contribution in [0.3, 0.4) is 0 Å². The second-order valence-corrected chi connectivity index (χ2v) is 4.28. The standard InChI is InChI=1S/C13H19NO2/c1-15-8-7-13(14)10-3-2-4-12(9-10)16-11-5-6-11/h2-4,9,11,13H,5-8,14H2,1H3. The summed E-state index contributed by atoms with van der Waals surface area (Å²) in [6.07, 6.45) is 3.63. The van der Waals surface area contributed by atoms with Crippen molar-refractivity contribution in [1.82, 2.24) is 0 Å². The predicted octanol–water partition coefficient (Wildman–Crippen LogP) is 2.26. The molecular weight excluding hydrogens is 202 g/mol. The third kappa shape index (κ3) is 3.22. The molecule has 2 N–H and O–H groups in total. The molecule has 88 valence electrons. The first kappa shape index (κ1) is 11.4. The Morgan fingerprint density at radius 1 is 1.44 bits per heavy atom. The van der Waals surface area contributed by atoms with Crippen LogP contribution in [0.15, 0.2) is 24.3 Å². The summed E-state index contributed by atoms with van der Waals surface area (Å²) in [5, 5.41) is 0. The number of hydrogen-bond donors (Lipinski definition) is 1. The average Bonchev–Trinajstić information content (AvgIpc) is 3.10. The molecule has 0 spiro atoms. The van der Waals surface area contributed by atoms with E-state index < -0.39 is 0 Å². The van der Waals surface area contributed by atoms with Gasteiger partial charge in [-0.15, -0.1) is 0 Å². The van der Waals surface area contributed by atoms with Gasteiger partial charge in [0.15, 0.2) is 0 Å². The Morgan fingerprint density at radius 3 is 2.94 bits per heavy atom. The van der Waals surface area contributed by atoms with Crippen LogP contribution in [0.4, 0.5) is 0 Å². The van der Waals surface area contributed by atoms with Crippen LogP contribution in [0.5, 0.6) is 5.75 Å². The molecule has 1 aromatic rings. The van der Waals surface area contributed by atoms with Gasteiger partial charge >= 0.3 is 0 Å². The normalized spacial score (nSPS) is 17.1. The van der Waals surface area contributed by atoms with Gasteiger partial charge in [-0.25, -0.2) is 0 Å². The van der Waals surface area contributed by atoms with Crippen molar-refractivity contribution >= 4 is 0 Å². The minimum absolute atomic E-state index is 0.0303. The van der Waals surface area contributed by atoms with E-state index in [0.717, 1.165) is 17.7 Å². The predicted molar refractivity (Wildman–Crippen MR) is 63.5 cm³/mol. The van der Waals surface area contributed by atoms with Crippen molar-refractivity contribution in [2.75, 3.05) is 13.7 Å². The van der Waals surface area contributed by atoms with Crippen LogP contribution in [-0.4, -0.2) is 19.8 Å². The maximum atomic E-state index is 6.06. The van der Waals surface area contributed by atoms with Crippen molar-refractivity contribution < 1.29 is 9.47 Å². The van der Waals surface area contributed by atoms with E-state index in [1.807, 2.05) is 24.3 Å². The number of nitrogens with two attached hydrogens (primary N) is 1. The van der Waals surface area contributed by atoms with Gasteiger partial charge in [-0.05, 0) is 37.0 Å². The second-order valence-electron chi connectivity index (χ2n) is 4.28. The first-order valence-corrected chi connectivity index (χ1v) is 5.80. The quantitative estimate of drug-likeness (QED) is 0.801. The number of rotatable bonds is 6. The molecular formula is C13H19NO2. The molecule has 3 nitrogen and oxygen atoms in total. The highest BCUT2D eigenvalue weighted by atomic mass is 16.5. The van der Waals surface area contributed by atoms with Gasteiger partial charge in [0.25, 0.3) is 0 Å². The molecule has 1 aromatic carbocycles. The fraction of sp³-hybridized carbons (Fsp3) is 0.538. The molecule has 3 heteroatoms. The average molecular weight is 221 g/mol. The van der Waals surface area contributed by atoms with Crippen LogP contribution in [0.2, 0.25) is 0 Å². The minimum atomic E-state index is 0.0303. The van der Waals surface area contributed by atoms with Gasteiger partial charge in [0.2, 0.25) is 0 Å². The van der Waals surface area contributed by atoms with E-state index in [1.54, 1.807) is 7.11 Å². The summed E-state index contributed by atoms with van der Waals surface area (Å²) in [5.41, 5.74) is 7.18. The van der Waals surface area contributed by atoms with E-state index in [1.165, 1.54) is 12.8 Å². The fourth-order valence-electron chi connectivity index (χ4n) is 1.61.